The lowest BCUT2D eigenvalue weighted by molar-refractivity contribution is -0.114. The fourth-order valence-electron chi connectivity index (χ4n) is 9.99. The smallest absolute Gasteiger partial charge is 0.235 e. The number of nitrogens with two attached hydrogens (primary N) is 3. The van der Waals surface area contributed by atoms with Crippen molar-refractivity contribution in [3.8, 4) is 0 Å². The standard InChI is InChI=1S/C13H19NO2S.5C12H18N2O2S.C11H18N4O2S.C11H17N3O2S/c1-11-4-6-12(7-5-11)14-13(15)10-17-9-3-8-16-2;1-10-4-5-11(8-13-10)14-12(15)9-17-7-3-6-16-2;1-10-4-5-11(13-8-10)14-12(15)9-17-7-3-6-16-2;1-10-5-3-6-11(13-10)14-12(15)9-17-8-4-7-16-2;1-16-6-3-7-17-9-12(15)14-11-5-2-4-10(13)8-11;1-16-7-4-8-17-9-12(15)14-11-6-3-2-5-10(11)13;1-8-6-9(15-11(12)13-8)14-10(16)7-18-5-3-4-17-2;1-9-6-10(13-8-12-9)14-11(15)7-17-5-3-4-16-2/h4-7H,3,8-10H2,1-2H3,(H,14,15);4-5,8H,3,6-7,9H2,1-2H3,(H,14,15);4-5,8H,3,6-7,9H2,1-2H3,(H,13,14,15);3,5-6H,4,7-9H2,1-2H3,(H,13,14,15);2,4-5,8H,3,6-7,9,13H2,1H3,(H,14,15);2-3,5-6H,4,7-9,13H2,1H3,(H,14,15);6H,3-5,7H2,1-2H3,(H3,12,13,14,15,16);6,8H,3-5,7H2,1-2H3,(H,12,13,14,15). The summed E-state index contributed by atoms with van der Waals surface area (Å²) < 4.78 is 39.5. The number of amides is 8. The van der Waals surface area contributed by atoms with Crippen molar-refractivity contribution in [3.63, 3.8) is 0 Å². The molecule has 0 bridgehead atoms. The van der Waals surface area contributed by atoms with E-state index >= 15 is 0 Å². The molecule has 0 radical (unpaired) electrons. The molecule has 0 atom stereocenters. The van der Waals surface area contributed by atoms with Crippen LogP contribution in [0.2, 0.25) is 0 Å². The van der Waals surface area contributed by atoms with Crippen LogP contribution in [0.25, 0.3) is 0 Å². The first-order chi connectivity index (χ1) is 66.2. The first-order valence-electron chi connectivity index (χ1n) is 44.1. The Morgan fingerprint density at radius 1 is 0.277 bits per heavy atom. The van der Waals surface area contributed by atoms with Gasteiger partial charge in [-0.25, -0.2) is 24.9 Å². The third-order valence-corrected chi connectivity index (χ3v) is 24.8. The van der Waals surface area contributed by atoms with E-state index in [-0.39, 0.29) is 53.2 Å². The van der Waals surface area contributed by atoms with Crippen LogP contribution >= 0.6 is 94.1 Å². The van der Waals surface area contributed by atoms with Crippen molar-refractivity contribution in [2.45, 2.75) is 92.9 Å². The van der Waals surface area contributed by atoms with Gasteiger partial charge in [0.05, 0.1) is 69.3 Å². The molecule has 0 saturated heterocycles. The third kappa shape index (κ3) is 75.5. The minimum atomic E-state index is -0.0880. The molecule has 3 aromatic carbocycles. The maximum atomic E-state index is 11.6. The van der Waals surface area contributed by atoms with E-state index in [2.05, 4.69) is 77.4 Å². The van der Waals surface area contributed by atoms with Crippen LogP contribution in [-0.4, -0.2) is 284 Å². The Balaban J connectivity index is 0.000000783. The number of hydrogen-bond acceptors (Lipinski definition) is 34. The van der Waals surface area contributed by atoms with Gasteiger partial charge in [-0.1, -0.05) is 48.0 Å². The van der Waals surface area contributed by atoms with Gasteiger partial charge in [0.2, 0.25) is 53.2 Å². The fraction of sp³-hybridized carbons (Fsp3) is 0.484. The van der Waals surface area contributed by atoms with Crippen molar-refractivity contribution in [2.75, 3.05) is 262 Å². The summed E-state index contributed by atoms with van der Waals surface area (Å²) >= 11 is 12.8. The van der Waals surface area contributed by atoms with Crippen molar-refractivity contribution in [1.82, 2.24) is 34.9 Å². The van der Waals surface area contributed by atoms with E-state index in [1.54, 1.807) is 213 Å². The zero-order chi connectivity index (χ0) is 101. The number of carbonyl (C=O) groups excluding carboxylic acids is 8. The van der Waals surface area contributed by atoms with Crippen LogP contribution in [0.15, 0.2) is 146 Å². The van der Waals surface area contributed by atoms with Crippen molar-refractivity contribution in [2.24, 2.45) is 0 Å². The lowest BCUT2D eigenvalue weighted by Crippen LogP contribution is -2.16. The Labute approximate surface area is 844 Å². The second kappa shape index (κ2) is 86.0. The predicted molar refractivity (Wildman–Crippen MR) is 577 cm³/mol. The number of nitrogens with one attached hydrogen (secondary N) is 8. The number of anilines is 11. The van der Waals surface area contributed by atoms with Crippen molar-refractivity contribution < 1.29 is 76.3 Å². The van der Waals surface area contributed by atoms with E-state index in [9.17, 15) is 38.4 Å². The van der Waals surface area contributed by atoms with Gasteiger partial charge in [0.1, 0.15) is 29.6 Å². The Morgan fingerprint density at radius 2 is 0.650 bits per heavy atom. The summed E-state index contributed by atoms with van der Waals surface area (Å²) in [5.74, 6) is 13.3. The highest BCUT2D eigenvalue weighted by molar-refractivity contribution is 8.01. The summed E-state index contributed by atoms with van der Waals surface area (Å²) in [6.45, 7) is 17.4. The number of rotatable bonds is 56. The number of nitrogen functional groups attached to an aromatic ring is 3. The molecule has 0 aliphatic rings. The second-order valence-electron chi connectivity index (χ2n) is 29.0. The second-order valence-corrected chi connectivity index (χ2v) is 37.9. The number of aromatic nitrogens is 7. The van der Waals surface area contributed by atoms with Crippen molar-refractivity contribution in [1.29, 1.82) is 0 Å². The number of carbonyl (C=O) groups is 8. The number of benzene rings is 3. The number of aryl methyl sites for hydroxylation is 6. The maximum Gasteiger partial charge on any atom is 0.235 e. The highest BCUT2D eigenvalue weighted by Gasteiger charge is 2.12. The zero-order valence-electron chi connectivity index (χ0n) is 81.6. The highest BCUT2D eigenvalue weighted by Crippen LogP contribution is 2.20. The van der Waals surface area contributed by atoms with E-state index in [1.807, 2.05) is 120 Å². The van der Waals surface area contributed by atoms with E-state index in [1.165, 1.54) is 11.9 Å². The molecule has 137 heavy (non-hydrogen) atoms. The molecule has 5 heterocycles. The number of thioether (sulfide) groups is 8. The monoisotopic (exact) mass is 2050 g/mol. The molecule has 14 N–H and O–H groups in total. The van der Waals surface area contributed by atoms with Gasteiger partial charge >= 0.3 is 0 Å². The molecule has 42 heteroatoms. The van der Waals surface area contributed by atoms with Crippen LogP contribution in [-0.2, 0) is 76.3 Å². The molecule has 8 amide bonds. The normalized spacial score (nSPS) is 10.2. The van der Waals surface area contributed by atoms with E-state index in [0.717, 1.165) is 196 Å². The number of hydrogen-bond donors (Lipinski definition) is 11. The van der Waals surface area contributed by atoms with Gasteiger partial charge in [-0.3, -0.25) is 43.3 Å². The summed E-state index contributed by atoms with van der Waals surface area (Å²) in [7, 11) is 13.4. The van der Waals surface area contributed by atoms with Crippen molar-refractivity contribution in [3.05, 3.63) is 180 Å². The van der Waals surface area contributed by atoms with Gasteiger partial charge < -0.3 is 97.6 Å². The Hall–Kier alpha value is -9.09. The largest absolute Gasteiger partial charge is 0.399 e. The van der Waals surface area contributed by atoms with Crippen LogP contribution < -0.4 is 59.7 Å². The number of ether oxygens (including phenoxy) is 8. The van der Waals surface area contributed by atoms with E-state index in [4.69, 9.17) is 55.1 Å². The summed E-state index contributed by atoms with van der Waals surface area (Å²) in [6, 6.07) is 38.7. The molecule has 0 spiro atoms. The van der Waals surface area contributed by atoms with Crippen molar-refractivity contribution >= 4 is 205 Å². The lowest BCUT2D eigenvalue weighted by Gasteiger charge is -2.07. The summed E-state index contributed by atoms with van der Waals surface area (Å²) in [5.41, 5.74) is 26.8. The molecule has 34 nitrogen and oxygen atoms in total. The van der Waals surface area contributed by atoms with Gasteiger partial charge in [0, 0.05) is 168 Å². The molecule has 0 aliphatic carbocycles. The van der Waals surface area contributed by atoms with E-state index in [0.29, 0.717) is 86.4 Å². The van der Waals surface area contributed by atoms with Gasteiger partial charge in [-0.2, -0.15) is 99.1 Å². The third-order valence-electron chi connectivity index (χ3n) is 16.4. The Kier molecular flexibility index (Phi) is 79.1. The van der Waals surface area contributed by atoms with Gasteiger partial charge in [0.25, 0.3) is 0 Å². The molecular weight excluding hydrogens is 1910 g/mol. The molecular formula is C95H144N18O16S8. The Bertz CT molecular complexity index is 4190. The minimum Gasteiger partial charge on any atom is -0.399 e. The number of pyridine rings is 3. The lowest BCUT2D eigenvalue weighted by atomic mass is 10.2. The van der Waals surface area contributed by atoms with E-state index < -0.39 is 0 Å². The summed E-state index contributed by atoms with van der Waals surface area (Å²) in [6.07, 6.45) is 12.6. The average Bonchev–Trinajstić information content (AvgIpc) is 0.885. The van der Waals surface area contributed by atoms with Crippen LogP contribution in [0, 0.1) is 41.5 Å². The predicted octanol–water partition coefficient (Wildman–Crippen LogP) is 15.5. The molecule has 0 fully saturated rings. The van der Waals surface area contributed by atoms with Crippen LogP contribution in [0.3, 0.4) is 0 Å². The molecule has 758 valence electrons. The molecule has 8 aromatic rings. The SMILES string of the molecule is COCCCSCC(=O)Nc1cc(C)nc(N)n1.COCCCSCC(=O)Nc1cc(C)ncn1.COCCCSCC(=O)Nc1ccc(C)cc1.COCCCSCC(=O)Nc1ccc(C)cn1.COCCCSCC(=O)Nc1ccc(C)nc1.COCCCSCC(=O)Nc1cccc(C)n1.COCCCSCC(=O)Nc1cccc(N)c1.COCCCSCC(=O)Nc1ccccc1N. The topological polar surface area (TPSA) is 475 Å². The zero-order valence-corrected chi connectivity index (χ0v) is 88.2. The Morgan fingerprint density at radius 3 is 1.04 bits per heavy atom. The van der Waals surface area contributed by atoms with Crippen LogP contribution in [0.4, 0.5) is 63.3 Å². The molecule has 0 unspecified atom stereocenters. The van der Waals surface area contributed by atoms with Crippen LogP contribution in [0.1, 0.15) is 85.3 Å². The van der Waals surface area contributed by atoms with Gasteiger partial charge in [0.15, 0.2) is 0 Å². The molecule has 5 aromatic heterocycles. The summed E-state index contributed by atoms with van der Waals surface area (Å²) in [4.78, 5) is 121. The molecule has 0 aliphatic heterocycles. The minimum absolute atomic E-state index is 0.00184. The number of nitrogens with zero attached hydrogens (tertiary/aromatic N) is 7. The molecule has 0 saturated carbocycles. The average molecular weight is 2050 g/mol. The maximum absolute atomic E-state index is 11.6. The fourth-order valence-corrected chi connectivity index (χ4v) is 15.8. The number of para-hydroxylation sites is 2. The molecule has 8 rings (SSSR count). The highest BCUT2D eigenvalue weighted by atomic mass is 32.2. The van der Waals surface area contributed by atoms with Gasteiger partial charge in [-0.15, -0.1) is 0 Å². The van der Waals surface area contributed by atoms with Gasteiger partial charge in [-0.05, 0) is 217 Å². The quantitative estimate of drug-likeness (QED) is 0.0125. The number of methoxy groups -OCH3 is 8. The summed E-state index contributed by atoms with van der Waals surface area (Å²) in [5, 5.41) is 22.2. The first-order valence-corrected chi connectivity index (χ1v) is 53.3. The first kappa shape index (κ1) is 126. The van der Waals surface area contributed by atoms with Crippen LogP contribution in [0.5, 0.6) is 0 Å².